The molecule has 0 spiro atoms. The summed E-state index contributed by atoms with van der Waals surface area (Å²) in [6.07, 6.45) is 1.72. The number of aromatic nitrogens is 1. The highest BCUT2D eigenvalue weighted by Gasteiger charge is 2.39. The highest BCUT2D eigenvalue weighted by atomic mass is 32.2. The quantitative estimate of drug-likeness (QED) is 0.620. The van der Waals surface area contributed by atoms with Gasteiger partial charge in [0.15, 0.2) is 0 Å². The average molecular weight is 415 g/mol. The van der Waals surface area contributed by atoms with Crippen LogP contribution in [0.4, 0.5) is 0 Å². The zero-order valence-corrected chi connectivity index (χ0v) is 18.1. The lowest BCUT2D eigenvalue weighted by Crippen LogP contribution is -2.39. The maximum atomic E-state index is 13.5. The number of nitrogens with zero attached hydrogens (tertiary/aromatic N) is 1. The summed E-state index contributed by atoms with van der Waals surface area (Å²) in [5.41, 5.74) is 4.43. The van der Waals surface area contributed by atoms with Crippen LogP contribution in [0.15, 0.2) is 53.4 Å². The number of nitrogens with one attached hydrogen (secondary N) is 1. The van der Waals surface area contributed by atoms with Crippen LogP contribution >= 0.6 is 11.8 Å². The van der Waals surface area contributed by atoms with Gasteiger partial charge in [0.25, 0.3) is 0 Å². The van der Waals surface area contributed by atoms with Crippen LogP contribution in [-0.2, 0) is 16.4 Å². The maximum absolute atomic E-state index is 13.5. The van der Waals surface area contributed by atoms with Crippen LogP contribution in [0, 0.1) is 6.92 Å². The Kier molecular flexibility index (Phi) is 5.29. The molecular formula is C22H26N2O2S2. The van der Waals surface area contributed by atoms with Gasteiger partial charge in [0.2, 0.25) is 10.0 Å². The molecule has 2 atom stereocenters. The molecule has 0 radical (unpaired) electrons. The van der Waals surface area contributed by atoms with Crippen molar-refractivity contribution < 1.29 is 8.42 Å². The Morgan fingerprint density at radius 3 is 2.61 bits per heavy atom. The van der Waals surface area contributed by atoms with Crippen LogP contribution in [-0.4, -0.2) is 29.5 Å². The van der Waals surface area contributed by atoms with E-state index >= 15 is 0 Å². The molecule has 4 rings (SSSR count). The van der Waals surface area contributed by atoms with E-state index in [1.165, 1.54) is 10.9 Å². The highest BCUT2D eigenvalue weighted by molar-refractivity contribution is 8.00. The predicted octanol–water partition coefficient (Wildman–Crippen LogP) is 5.25. The minimum absolute atomic E-state index is 0.239. The van der Waals surface area contributed by atoms with Crippen molar-refractivity contribution in [3.8, 4) is 0 Å². The highest BCUT2D eigenvalue weighted by Crippen LogP contribution is 2.45. The molecule has 1 aliphatic rings. The van der Waals surface area contributed by atoms with Crippen molar-refractivity contribution in [3.63, 3.8) is 0 Å². The monoisotopic (exact) mass is 414 g/mol. The van der Waals surface area contributed by atoms with Crippen molar-refractivity contribution in [1.29, 1.82) is 0 Å². The first-order valence-electron chi connectivity index (χ1n) is 9.75. The third-order valence-corrected chi connectivity index (χ3v) is 9.06. The van der Waals surface area contributed by atoms with Crippen LogP contribution in [0.25, 0.3) is 10.9 Å². The normalized spacial score (nSPS) is 18.9. The van der Waals surface area contributed by atoms with Crippen molar-refractivity contribution >= 4 is 32.7 Å². The number of hydrogen-bond acceptors (Lipinski definition) is 3. The van der Waals surface area contributed by atoms with E-state index in [9.17, 15) is 8.42 Å². The second kappa shape index (κ2) is 7.58. The Bertz CT molecular complexity index is 1090. The molecule has 0 saturated heterocycles. The van der Waals surface area contributed by atoms with E-state index in [0.29, 0.717) is 16.7 Å². The second-order valence-corrected chi connectivity index (χ2v) is 10.9. The smallest absolute Gasteiger partial charge is 0.244 e. The van der Waals surface area contributed by atoms with E-state index in [4.69, 9.17) is 0 Å². The minimum atomic E-state index is -3.57. The minimum Gasteiger partial charge on any atom is -0.356 e. The van der Waals surface area contributed by atoms with Gasteiger partial charge in [0, 0.05) is 28.4 Å². The van der Waals surface area contributed by atoms with Crippen molar-refractivity contribution in [2.24, 2.45) is 0 Å². The van der Waals surface area contributed by atoms with Gasteiger partial charge >= 0.3 is 0 Å². The number of benzene rings is 2. The van der Waals surface area contributed by atoms with Gasteiger partial charge in [-0.1, -0.05) is 49.7 Å². The van der Waals surface area contributed by atoms with Crippen LogP contribution in [0.5, 0.6) is 0 Å². The molecule has 2 heterocycles. The number of hydrogen-bond donors (Lipinski definition) is 1. The molecule has 148 valence electrons. The third-order valence-electron chi connectivity index (χ3n) is 5.50. The number of H-pyrrole nitrogens is 1. The molecule has 0 amide bonds. The first-order chi connectivity index (χ1) is 13.4. The van der Waals surface area contributed by atoms with E-state index in [-0.39, 0.29) is 5.37 Å². The largest absolute Gasteiger partial charge is 0.356 e. The van der Waals surface area contributed by atoms with Gasteiger partial charge in [-0.25, -0.2) is 8.42 Å². The van der Waals surface area contributed by atoms with E-state index in [1.807, 2.05) is 31.2 Å². The van der Waals surface area contributed by atoms with Gasteiger partial charge in [-0.05, 0) is 43.5 Å². The van der Waals surface area contributed by atoms with Crippen LogP contribution in [0.2, 0.25) is 0 Å². The van der Waals surface area contributed by atoms with Crippen molar-refractivity contribution in [2.75, 3.05) is 6.54 Å². The molecule has 0 aliphatic carbocycles. The van der Waals surface area contributed by atoms with Crippen molar-refractivity contribution in [2.45, 2.75) is 49.1 Å². The molecule has 4 nitrogen and oxygen atoms in total. The zero-order chi connectivity index (χ0) is 19.9. The summed E-state index contributed by atoms with van der Waals surface area (Å²) in [5.74, 6) is 0. The summed E-state index contributed by atoms with van der Waals surface area (Å²) in [4.78, 5) is 3.90. The van der Waals surface area contributed by atoms with Gasteiger partial charge < -0.3 is 4.98 Å². The summed E-state index contributed by atoms with van der Waals surface area (Å²) < 4.78 is 28.7. The van der Waals surface area contributed by atoms with Gasteiger partial charge in [-0.15, -0.1) is 11.8 Å². The molecule has 3 aromatic rings. The van der Waals surface area contributed by atoms with E-state index in [0.717, 1.165) is 29.6 Å². The zero-order valence-electron chi connectivity index (χ0n) is 16.5. The van der Waals surface area contributed by atoms with Crippen LogP contribution < -0.4 is 0 Å². The SMILES string of the molecule is CCC(C)SC1c2[nH]c3ccccc3c2CCN1S(=O)(=O)c1ccc(C)cc1. The first kappa shape index (κ1) is 19.6. The van der Waals surface area contributed by atoms with Gasteiger partial charge in [0.1, 0.15) is 5.37 Å². The van der Waals surface area contributed by atoms with Gasteiger partial charge in [0.05, 0.1) is 4.90 Å². The van der Waals surface area contributed by atoms with Gasteiger partial charge in [-0.2, -0.15) is 4.31 Å². The molecule has 0 bridgehead atoms. The summed E-state index contributed by atoms with van der Waals surface area (Å²) in [6.45, 7) is 6.78. The Hall–Kier alpha value is -1.76. The van der Waals surface area contributed by atoms with Crippen LogP contribution in [0.3, 0.4) is 0 Å². The van der Waals surface area contributed by atoms with Crippen LogP contribution in [0.1, 0.15) is 42.5 Å². The fourth-order valence-electron chi connectivity index (χ4n) is 3.73. The predicted molar refractivity (Wildman–Crippen MR) is 117 cm³/mol. The topological polar surface area (TPSA) is 53.2 Å². The molecular weight excluding hydrogens is 388 g/mol. The van der Waals surface area contributed by atoms with Gasteiger partial charge in [-0.3, -0.25) is 0 Å². The second-order valence-electron chi connectivity index (χ2n) is 7.45. The Morgan fingerprint density at radius 2 is 1.89 bits per heavy atom. The van der Waals surface area contributed by atoms with E-state index in [1.54, 1.807) is 28.2 Å². The molecule has 28 heavy (non-hydrogen) atoms. The van der Waals surface area contributed by atoms with Crippen molar-refractivity contribution in [1.82, 2.24) is 9.29 Å². The lowest BCUT2D eigenvalue weighted by Gasteiger charge is -2.35. The Labute approximate surface area is 171 Å². The third kappa shape index (κ3) is 3.38. The summed E-state index contributed by atoms with van der Waals surface area (Å²) in [7, 11) is -3.57. The fourth-order valence-corrected chi connectivity index (χ4v) is 6.87. The Balaban J connectivity index is 1.81. The molecule has 1 aliphatic heterocycles. The first-order valence-corrected chi connectivity index (χ1v) is 12.1. The fraction of sp³-hybridized carbons (Fsp3) is 0.364. The molecule has 2 unspecified atom stereocenters. The van der Waals surface area contributed by atoms with E-state index in [2.05, 4.69) is 31.0 Å². The number of rotatable bonds is 5. The summed E-state index contributed by atoms with van der Waals surface area (Å²) in [5, 5.41) is 1.33. The number of aryl methyl sites for hydroxylation is 1. The average Bonchev–Trinajstić information content (AvgIpc) is 3.07. The molecule has 6 heteroatoms. The number of aromatic amines is 1. The summed E-state index contributed by atoms with van der Waals surface area (Å²) in [6, 6.07) is 15.4. The maximum Gasteiger partial charge on any atom is 0.244 e. The molecule has 1 N–H and O–H groups in total. The lowest BCUT2D eigenvalue weighted by atomic mass is 10.0. The molecule has 1 aromatic heterocycles. The van der Waals surface area contributed by atoms with E-state index < -0.39 is 10.0 Å². The Morgan fingerprint density at radius 1 is 1.18 bits per heavy atom. The summed E-state index contributed by atoms with van der Waals surface area (Å²) >= 11 is 1.73. The number of fused-ring (bicyclic) bond motifs is 3. The molecule has 2 aromatic carbocycles. The number of sulfonamides is 1. The standard InChI is InChI=1S/C22H26N2O2S2/c1-4-16(3)27-22-21-19(18-7-5-6-8-20(18)23-21)13-14-24(22)28(25,26)17-11-9-15(2)10-12-17/h5-12,16,22-23H,4,13-14H2,1-3H3. The lowest BCUT2D eigenvalue weighted by molar-refractivity contribution is 0.379. The molecule has 0 saturated carbocycles. The number of para-hydroxylation sites is 1. The number of thioether (sulfide) groups is 1. The molecule has 0 fully saturated rings. The van der Waals surface area contributed by atoms with Crippen molar-refractivity contribution in [3.05, 3.63) is 65.4 Å².